The van der Waals surface area contributed by atoms with Gasteiger partial charge in [0.25, 0.3) is 0 Å². The molecule has 1 rings (SSSR count). The lowest BCUT2D eigenvalue weighted by Gasteiger charge is -2.42. The van der Waals surface area contributed by atoms with Gasteiger partial charge in [-0.3, -0.25) is 14.4 Å². The van der Waals surface area contributed by atoms with Crippen molar-refractivity contribution in [2.45, 2.75) is 49.3 Å². The second-order valence-electron chi connectivity index (χ2n) is 4.67. The second kappa shape index (κ2) is 8.63. The molecular formula is C13H19IO8. The van der Waals surface area contributed by atoms with E-state index in [0.29, 0.717) is 0 Å². The van der Waals surface area contributed by atoms with Gasteiger partial charge in [0.15, 0.2) is 18.5 Å². The number of hydrogen-bond acceptors (Lipinski definition) is 8. The van der Waals surface area contributed by atoms with Crippen molar-refractivity contribution in [3.63, 3.8) is 0 Å². The molecule has 9 heteroatoms. The highest BCUT2D eigenvalue weighted by Gasteiger charge is 2.49. The molecule has 1 aliphatic rings. The van der Waals surface area contributed by atoms with Crippen LogP contribution in [0.2, 0.25) is 0 Å². The molecule has 8 nitrogen and oxygen atoms in total. The second-order valence-corrected chi connectivity index (χ2v) is 6.11. The van der Waals surface area contributed by atoms with Crippen LogP contribution in [-0.4, -0.2) is 60.2 Å². The van der Waals surface area contributed by atoms with Crippen LogP contribution in [0, 0.1) is 0 Å². The van der Waals surface area contributed by atoms with Gasteiger partial charge in [-0.15, -0.1) is 0 Å². The number of carbonyl (C=O) groups excluding carboxylic acids is 3. The first-order valence-corrected chi connectivity index (χ1v) is 7.81. The van der Waals surface area contributed by atoms with Crippen LogP contribution in [0.4, 0.5) is 0 Å². The fourth-order valence-corrected chi connectivity index (χ4v) is 3.07. The van der Waals surface area contributed by atoms with E-state index in [2.05, 4.69) is 0 Å². The highest BCUT2D eigenvalue weighted by molar-refractivity contribution is 14.1. The summed E-state index contributed by atoms with van der Waals surface area (Å²) in [6.45, 7) is 3.60. The average molecular weight is 430 g/mol. The minimum absolute atomic E-state index is 0.145. The zero-order valence-electron chi connectivity index (χ0n) is 12.7. The van der Waals surface area contributed by atoms with Crippen molar-refractivity contribution in [1.29, 1.82) is 0 Å². The van der Waals surface area contributed by atoms with Crippen molar-refractivity contribution < 1.29 is 38.1 Å². The minimum atomic E-state index is -0.894. The van der Waals surface area contributed by atoms with Gasteiger partial charge in [0, 0.05) is 27.9 Å². The Morgan fingerprint density at radius 3 is 2.00 bits per heavy atom. The SMILES string of the molecule is CO[C@H]1O[C@H](COC(C)=O)[C@@H](OC(C)=O)[C@H](OC(C)=O)[C@H]1I. The smallest absolute Gasteiger partial charge is 0.303 e. The summed E-state index contributed by atoms with van der Waals surface area (Å²) in [6.07, 6.45) is -3.17. The Labute approximate surface area is 141 Å². The van der Waals surface area contributed by atoms with E-state index in [-0.39, 0.29) is 6.61 Å². The Morgan fingerprint density at radius 1 is 1.00 bits per heavy atom. The number of carbonyl (C=O) groups is 3. The van der Waals surface area contributed by atoms with Crippen molar-refractivity contribution in [2.24, 2.45) is 0 Å². The summed E-state index contributed by atoms with van der Waals surface area (Å²) in [4.78, 5) is 33.6. The van der Waals surface area contributed by atoms with E-state index in [4.69, 9.17) is 23.7 Å². The molecule has 0 spiro atoms. The molecular weight excluding hydrogens is 411 g/mol. The molecule has 1 heterocycles. The highest BCUT2D eigenvalue weighted by Crippen LogP contribution is 2.31. The highest BCUT2D eigenvalue weighted by atomic mass is 127. The molecule has 1 saturated heterocycles. The Kier molecular flexibility index (Phi) is 7.49. The number of esters is 3. The van der Waals surface area contributed by atoms with Gasteiger partial charge in [-0.1, -0.05) is 22.6 Å². The molecule has 0 aromatic rings. The van der Waals surface area contributed by atoms with Crippen LogP contribution in [-0.2, 0) is 38.1 Å². The van der Waals surface area contributed by atoms with Crippen molar-refractivity contribution >= 4 is 40.5 Å². The van der Waals surface area contributed by atoms with Gasteiger partial charge >= 0.3 is 17.9 Å². The standard InChI is InChI=1S/C13H19IO8/c1-6(15)19-5-9-11(20-7(2)16)12(21-8(3)17)10(14)13(18-4)22-9/h9-13H,5H2,1-4H3/t9-,10-,11-,12-,13+/m1/s1. The Bertz CT molecular complexity index is 426. The summed E-state index contributed by atoms with van der Waals surface area (Å²) in [5.41, 5.74) is 0. The van der Waals surface area contributed by atoms with Gasteiger partial charge in [-0.2, -0.15) is 0 Å². The van der Waals surface area contributed by atoms with Crippen LogP contribution in [0.15, 0.2) is 0 Å². The van der Waals surface area contributed by atoms with E-state index < -0.39 is 46.4 Å². The predicted octanol–water partition coefficient (Wildman–Crippen LogP) is 0.588. The van der Waals surface area contributed by atoms with E-state index in [9.17, 15) is 14.4 Å². The van der Waals surface area contributed by atoms with Crippen molar-refractivity contribution in [2.75, 3.05) is 13.7 Å². The van der Waals surface area contributed by atoms with Gasteiger partial charge in [-0.05, 0) is 0 Å². The van der Waals surface area contributed by atoms with Gasteiger partial charge in [-0.25, -0.2) is 0 Å². The zero-order chi connectivity index (χ0) is 16.9. The van der Waals surface area contributed by atoms with Gasteiger partial charge in [0.1, 0.15) is 16.6 Å². The maximum absolute atomic E-state index is 11.3. The summed E-state index contributed by atoms with van der Waals surface area (Å²) < 4.78 is 25.9. The molecule has 22 heavy (non-hydrogen) atoms. The summed E-state index contributed by atoms with van der Waals surface area (Å²) in [7, 11) is 1.44. The van der Waals surface area contributed by atoms with E-state index in [1.165, 1.54) is 27.9 Å². The lowest BCUT2D eigenvalue weighted by atomic mass is 10.0. The van der Waals surface area contributed by atoms with Crippen LogP contribution < -0.4 is 0 Å². The molecule has 0 aromatic heterocycles. The lowest BCUT2D eigenvalue weighted by Crippen LogP contribution is -2.59. The maximum Gasteiger partial charge on any atom is 0.303 e. The first-order chi connectivity index (χ1) is 10.3. The average Bonchev–Trinajstić information content (AvgIpc) is 2.41. The molecule has 1 aliphatic heterocycles. The van der Waals surface area contributed by atoms with Crippen molar-refractivity contribution in [3.05, 3.63) is 0 Å². The summed E-state index contributed by atoms with van der Waals surface area (Å²) in [6, 6.07) is 0. The fourth-order valence-electron chi connectivity index (χ4n) is 2.05. The third kappa shape index (κ3) is 5.36. The quantitative estimate of drug-likeness (QED) is 0.271. The van der Waals surface area contributed by atoms with Crippen LogP contribution in [0.3, 0.4) is 0 Å². The molecule has 1 fully saturated rings. The fraction of sp³-hybridized carbons (Fsp3) is 0.769. The van der Waals surface area contributed by atoms with Crippen LogP contribution in [0.1, 0.15) is 20.8 Å². The van der Waals surface area contributed by atoms with Gasteiger partial charge in [0.2, 0.25) is 0 Å². The summed E-state index contributed by atoms with van der Waals surface area (Å²) in [5, 5.41) is 0. The molecule has 0 N–H and O–H groups in total. The number of ether oxygens (including phenoxy) is 5. The number of rotatable bonds is 5. The third-order valence-corrected chi connectivity index (χ3v) is 4.16. The zero-order valence-corrected chi connectivity index (χ0v) is 14.9. The van der Waals surface area contributed by atoms with E-state index in [1.54, 1.807) is 0 Å². The number of methoxy groups -OCH3 is 1. The minimum Gasteiger partial charge on any atom is -0.463 e. The summed E-state index contributed by atoms with van der Waals surface area (Å²) in [5.74, 6) is -1.58. The molecule has 0 aromatic carbocycles. The molecule has 0 amide bonds. The van der Waals surface area contributed by atoms with E-state index >= 15 is 0 Å². The molecule has 0 bridgehead atoms. The first-order valence-electron chi connectivity index (χ1n) is 6.56. The molecule has 126 valence electrons. The van der Waals surface area contributed by atoms with Crippen molar-refractivity contribution in [3.8, 4) is 0 Å². The molecule has 0 radical (unpaired) electrons. The Balaban J connectivity index is 3.00. The topological polar surface area (TPSA) is 97.4 Å². The summed E-state index contributed by atoms with van der Waals surface area (Å²) >= 11 is 2.00. The monoisotopic (exact) mass is 430 g/mol. The van der Waals surface area contributed by atoms with Gasteiger partial charge in [0.05, 0.1) is 0 Å². The van der Waals surface area contributed by atoms with Gasteiger partial charge < -0.3 is 23.7 Å². The third-order valence-electron chi connectivity index (χ3n) is 2.86. The Morgan fingerprint density at radius 2 is 1.55 bits per heavy atom. The Hall–Kier alpha value is -0.940. The number of hydrogen-bond donors (Lipinski definition) is 0. The van der Waals surface area contributed by atoms with Crippen LogP contribution in [0.5, 0.6) is 0 Å². The molecule has 5 atom stereocenters. The van der Waals surface area contributed by atoms with E-state index in [1.807, 2.05) is 22.6 Å². The maximum atomic E-state index is 11.3. The normalized spacial score (nSPS) is 31.2. The van der Waals surface area contributed by atoms with E-state index in [0.717, 1.165) is 0 Å². The number of halogens is 1. The lowest BCUT2D eigenvalue weighted by molar-refractivity contribution is -0.253. The van der Waals surface area contributed by atoms with Crippen LogP contribution in [0.25, 0.3) is 0 Å². The first kappa shape index (κ1) is 19.1. The molecule has 0 unspecified atom stereocenters. The van der Waals surface area contributed by atoms with Crippen LogP contribution >= 0.6 is 22.6 Å². The molecule has 0 aliphatic carbocycles. The molecule has 0 saturated carbocycles. The van der Waals surface area contributed by atoms with Crippen molar-refractivity contribution in [1.82, 2.24) is 0 Å². The largest absolute Gasteiger partial charge is 0.463 e. The number of alkyl halides is 1. The predicted molar refractivity (Wildman–Crippen MR) is 81.2 cm³/mol.